The fourth-order valence-electron chi connectivity index (χ4n) is 0.319. The number of halogens is 1. The highest BCUT2D eigenvalue weighted by Crippen LogP contribution is 2.00. The summed E-state index contributed by atoms with van der Waals surface area (Å²) in [7, 11) is -3.45. The van der Waals surface area contributed by atoms with Crippen molar-refractivity contribution in [3.63, 3.8) is 0 Å². The van der Waals surface area contributed by atoms with E-state index >= 15 is 0 Å². The molecule has 0 saturated heterocycles. The minimum absolute atomic E-state index is 0.325. The predicted molar refractivity (Wildman–Crippen MR) is 35.9 cm³/mol. The summed E-state index contributed by atoms with van der Waals surface area (Å²) in [5.41, 5.74) is 0. The first-order valence-electron chi connectivity index (χ1n) is 2.45. The van der Waals surface area contributed by atoms with E-state index in [2.05, 4.69) is 4.18 Å². The Kier molecular flexibility index (Phi) is 3.46. The van der Waals surface area contributed by atoms with Crippen LogP contribution in [0.4, 0.5) is 0 Å². The van der Waals surface area contributed by atoms with Gasteiger partial charge < -0.3 is 0 Å². The van der Waals surface area contributed by atoms with Crippen LogP contribution in [0.5, 0.6) is 0 Å². The summed E-state index contributed by atoms with van der Waals surface area (Å²) in [5, 5.41) is -0.481. The molecule has 0 saturated carbocycles. The van der Waals surface area contributed by atoms with Crippen molar-refractivity contribution in [1.29, 1.82) is 0 Å². The lowest BCUT2D eigenvalue weighted by Crippen LogP contribution is -2.12. The van der Waals surface area contributed by atoms with Crippen LogP contribution >= 0.6 is 11.6 Å². The fraction of sp³-hybridized carbons (Fsp3) is 1.00. The Morgan fingerprint density at radius 1 is 1.56 bits per heavy atom. The summed E-state index contributed by atoms with van der Waals surface area (Å²) in [4.78, 5) is 0. The zero-order chi connectivity index (χ0) is 7.49. The van der Waals surface area contributed by atoms with Gasteiger partial charge in [-0.15, -0.1) is 11.6 Å². The number of alkyl halides is 1. The highest BCUT2D eigenvalue weighted by atomic mass is 35.5. The molecule has 0 aliphatic rings. The van der Waals surface area contributed by atoms with Crippen LogP contribution in [0.3, 0.4) is 0 Å². The zero-order valence-electron chi connectivity index (χ0n) is 5.30. The number of hydrogen-bond acceptors (Lipinski definition) is 3. The molecule has 0 atom stereocenters. The van der Waals surface area contributed by atoms with Gasteiger partial charge in [0.05, 0.1) is 6.10 Å². The standard InChI is InChI=1S/C4H9ClO3S/c1-4(2)8-9(6,7)3-5/h4H,3H2,1-2H3. The minimum Gasteiger partial charge on any atom is -0.266 e. The van der Waals surface area contributed by atoms with E-state index in [4.69, 9.17) is 11.6 Å². The second-order valence-electron chi connectivity index (χ2n) is 1.81. The summed E-state index contributed by atoms with van der Waals surface area (Å²) in [6.07, 6.45) is -0.325. The molecule has 0 aromatic carbocycles. The molecule has 0 aromatic heterocycles. The van der Waals surface area contributed by atoms with Crippen molar-refractivity contribution in [2.75, 3.05) is 5.21 Å². The Bertz CT molecular complexity index is 161. The molecule has 0 spiro atoms. The molecular formula is C4H9ClO3S. The van der Waals surface area contributed by atoms with Crippen LogP contribution in [0.2, 0.25) is 0 Å². The van der Waals surface area contributed by atoms with E-state index in [0.29, 0.717) is 0 Å². The van der Waals surface area contributed by atoms with Crippen molar-refractivity contribution in [1.82, 2.24) is 0 Å². The first-order valence-corrected chi connectivity index (χ1v) is 4.56. The fourth-order valence-corrected chi connectivity index (χ4v) is 1.11. The minimum atomic E-state index is -3.45. The second kappa shape index (κ2) is 3.39. The maximum Gasteiger partial charge on any atom is 0.281 e. The second-order valence-corrected chi connectivity index (χ2v) is 3.99. The predicted octanol–water partition coefficient (Wildman–Crippen LogP) is 0.938. The lowest BCUT2D eigenvalue weighted by molar-refractivity contribution is 0.251. The van der Waals surface area contributed by atoms with Gasteiger partial charge in [0.15, 0.2) is 0 Å². The third kappa shape index (κ3) is 4.69. The molecule has 0 aromatic rings. The lowest BCUT2D eigenvalue weighted by Gasteiger charge is -2.03. The van der Waals surface area contributed by atoms with Crippen LogP contribution < -0.4 is 0 Å². The number of hydrogen-bond donors (Lipinski definition) is 0. The quantitative estimate of drug-likeness (QED) is 0.470. The normalized spacial score (nSPS) is 12.4. The summed E-state index contributed by atoms with van der Waals surface area (Å²) < 4.78 is 25.3. The summed E-state index contributed by atoms with van der Waals surface area (Å²) in [6.45, 7) is 3.26. The van der Waals surface area contributed by atoms with Gasteiger partial charge in [0, 0.05) is 0 Å². The van der Waals surface area contributed by atoms with Crippen molar-refractivity contribution in [2.24, 2.45) is 0 Å². The molecule has 3 nitrogen and oxygen atoms in total. The van der Waals surface area contributed by atoms with E-state index in [0.717, 1.165) is 0 Å². The maximum absolute atomic E-state index is 10.5. The van der Waals surface area contributed by atoms with E-state index in [1.807, 2.05) is 0 Å². The third-order valence-corrected chi connectivity index (χ3v) is 2.22. The third-order valence-electron chi connectivity index (χ3n) is 0.473. The molecule has 0 heterocycles. The van der Waals surface area contributed by atoms with Crippen LogP contribution in [0.1, 0.15) is 13.8 Å². The average Bonchev–Trinajstić information content (AvgIpc) is 1.63. The van der Waals surface area contributed by atoms with Crippen LogP contribution in [0, 0.1) is 0 Å². The van der Waals surface area contributed by atoms with Crippen LogP contribution in [0.25, 0.3) is 0 Å². The smallest absolute Gasteiger partial charge is 0.266 e. The Balaban J connectivity index is 3.90. The topological polar surface area (TPSA) is 43.4 Å². The van der Waals surface area contributed by atoms with Gasteiger partial charge >= 0.3 is 0 Å². The first kappa shape index (κ1) is 9.20. The first-order chi connectivity index (χ1) is 3.98. The van der Waals surface area contributed by atoms with Crippen LogP contribution in [0.15, 0.2) is 0 Å². The Morgan fingerprint density at radius 3 is 2.11 bits per heavy atom. The maximum atomic E-state index is 10.5. The molecule has 0 aliphatic carbocycles. The zero-order valence-corrected chi connectivity index (χ0v) is 6.87. The van der Waals surface area contributed by atoms with E-state index in [9.17, 15) is 8.42 Å². The number of rotatable bonds is 3. The van der Waals surface area contributed by atoms with Gasteiger partial charge in [-0.2, -0.15) is 8.42 Å². The van der Waals surface area contributed by atoms with Crippen molar-refractivity contribution in [3.05, 3.63) is 0 Å². The van der Waals surface area contributed by atoms with Gasteiger partial charge in [-0.05, 0) is 13.8 Å². The van der Waals surface area contributed by atoms with Gasteiger partial charge in [0.1, 0.15) is 5.21 Å². The van der Waals surface area contributed by atoms with E-state index < -0.39 is 15.3 Å². The van der Waals surface area contributed by atoms with Crippen molar-refractivity contribution in [3.8, 4) is 0 Å². The molecule has 5 heteroatoms. The Morgan fingerprint density at radius 2 is 2.00 bits per heavy atom. The highest BCUT2D eigenvalue weighted by Gasteiger charge is 2.09. The molecule has 0 rings (SSSR count). The van der Waals surface area contributed by atoms with Crippen LogP contribution in [-0.2, 0) is 14.3 Å². The van der Waals surface area contributed by atoms with Gasteiger partial charge in [-0.1, -0.05) is 0 Å². The Hall–Kier alpha value is 0.200. The molecule has 0 aliphatic heterocycles. The van der Waals surface area contributed by atoms with Gasteiger partial charge in [-0.25, -0.2) is 0 Å². The van der Waals surface area contributed by atoms with Gasteiger partial charge in [0.2, 0.25) is 0 Å². The molecule has 0 bridgehead atoms. The molecule has 0 N–H and O–H groups in total. The summed E-state index contributed by atoms with van der Waals surface area (Å²) in [5.74, 6) is 0. The van der Waals surface area contributed by atoms with Crippen molar-refractivity contribution >= 4 is 21.7 Å². The van der Waals surface area contributed by atoms with Crippen molar-refractivity contribution < 1.29 is 12.6 Å². The molecule has 0 fully saturated rings. The average molecular weight is 173 g/mol. The lowest BCUT2D eigenvalue weighted by atomic mass is 10.5. The monoisotopic (exact) mass is 172 g/mol. The molecule has 0 radical (unpaired) electrons. The van der Waals surface area contributed by atoms with Gasteiger partial charge in [0.25, 0.3) is 10.1 Å². The molecule has 9 heavy (non-hydrogen) atoms. The molecule has 0 amide bonds. The summed E-state index contributed by atoms with van der Waals surface area (Å²) >= 11 is 5.02. The highest BCUT2D eigenvalue weighted by molar-refractivity contribution is 7.87. The van der Waals surface area contributed by atoms with Gasteiger partial charge in [-0.3, -0.25) is 4.18 Å². The molecular weight excluding hydrogens is 164 g/mol. The molecule has 0 unspecified atom stereocenters. The largest absolute Gasteiger partial charge is 0.281 e. The van der Waals surface area contributed by atoms with E-state index in [1.54, 1.807) is 13.8 Å². The molecule has 56 valence electrons. The van der Waals surface area contributed by atoms with E-state index in [1.165, 1.54) is 0 Å². The van der Waals surface area contributed by atoms with Crippen molar-refractivity contribution in [2.45, 2.75) is 20.0 Å². The SMILES string of the molecule is CC(C)OS(=O)(=O)CCl. The summed E-state index contributed by atoms with van der Waals surface area (Å²) in [6, 6.07) is 0. The van der Waals surface area contributed by atoms with E-state index in [-0.39, 0.29) is 6.10 Å². The van der Waals surface area contributed by atoms with Crippen LogP contribution in [-0.4, -0.2) is 19.7 Å². The Labute approximate surface area is 60.1 Å².